The van der Waals surface area contributed by atoms with Gasteiger partial charge < -0.3 is 5.32 Å². The molecule has 0 amide bonds. The Morgan fingerprint density at radius 2 is 2.20 bits per heavy atom. The Morgan fingerprint density at radius 1 is 1.35 bits per heavy atom. The van der Waals surface area contributed by atoms with Crippen molar-refractivity contribution in [1.29, 1.82) is 0 Å². The molecular formula is C16H27N3S. The summed E-state index contributed by atoms with van der Waals surface area (Å²) >= 11 is 2.10. The molecule has 1 N–H and O–H groups in total. The summed E-state index contributed by atoms with van der Waals surface area (Å²) in [5, 5.41) is 8.56. The molecule has 1 saturated carbocycles. The van der Waals surface area contributed by atoms with Crippen LogP contribution in [0.15, 0.2) is 12.3 Å². The Labute approximate surface area is 126 Å². The molecule has 2 atom stereocenters. The van der Waals surface area contributed by atoms with E-state index in [1.54, 1.807) is 0 Å². The number of nitrogens with one attached hydrogen (secondary N) is 1. The summed E-state index contributed by atoms with van der Waals surface area (Å²) in [6.45, 7) is 3.39. The molecule has 1 aromatic rings. The Balaban J connectivity index is 1.56. The van der Waals surface area contributed by atoms with Crippen molar-refractivity contribution in [2.45, 2.75) is 57.5 Å². The van der Waals surface area contributed by atoms with Gasteiger partial charge in [-0.3, -0.25) is 4.68 Å². The summed E-state index contributed by atoms with van der Waals surface area (Å²) in [5.74, 6) is 3.32. The van der Waals surface area contributed by atoms with Crippen molar-refractivity contribution in [1.82, 2.24) is 15.1 Å². The molecule has 1 aliphatic heterocycles. The zero-order valence-corrected chi connectivity index (χ0v) is 13.4. The number of hydrogen-bond donors (Lipinski definition) is 1. The SMILES string of the molecule is CCCNC1CSCC1Cc1ccn(C2CCCC2)n1. The predicted molar refractivity (Wildman–Crippen MR) is 86.3 cm³/mol. The van der Waals surface area contributed by atoms with Gasteiger partial charge in [0, 0.05) is 18.0 Å². The van der Waals surface area contributed by atoms with Crippen molar-refractivity contribution in [3.8, 4) is 0 Å². The van der Waals surface area contributed by atoms with Crippen LogP contribution in [0.2, 0.25) is 0 Å². The van der Waals surface area contributed by atoms with Crippen molar-refractivity contribution in [2.24, 2.45) is 5.92 Å². The Hall–Kier alpha value is -0.480. The van der Waals surface area contributed by atoms with Crippen LogP contribution in [0.3, 0.4) is 0 Å². The summed E-state index contributed by atoms with van der Waals surface area (Å²) in [6, 6.07) is 3.62. The highest BCUT2D eigenvalue weighted by atomic mass is 32.2. The van der Waals surface area contributed by atoms with Gasteiger partial charge >= 0.3 is 0 Å². The van der Waals surface area contributed by atoms with Crippen molar-refractivity contribution >= 4 is 11.8 Å². The molecule has 2 unspecified atom stereocenters. The summed E-state index contributed by atoms with van der Waals surface area (Å²) in [6.07, 6.45) is 9.98. The third kappa shape index (κ3) is 3.40. The van der Waals surface area contributed by atoms with Crippen LogP contribution < -0.4 is 5.32 Å². The molecule has 2 aliphatic rings. The van der Waals surface area contributed by atoms with Gasteiger partial charge in [0.25, 0.3) is 0 Å². The average molecular weight is 293 g/mol. The monoisotopic (exact) mass is 293 g/mol. The molecule has 0 bridgehead atoms. The lowest BCUT2D eigenvalue weighted by Crippen LogP contribution is -2.36. The fraction of sp³-hybridized carbons (Fsp3) is 0.812. The Bertz CT molecular complexity index is 412. The predicted octanol–water partition coefficient (Wildman–Crippen LogP) is 3.27. The summed E-state index contributed by atoms with van der Waals surface area (Å²) < 4.78 is 2.24. The van der Waals surface area contributed by atoms with E-state index in [4.69, 9.17) is 5.10 Å². The number of nitrogens with zero attached hydrogens (tertiary/aromatic N) is 2. The maximum atomic E-state index is 4.85. The number of aromatic nitrogens is 2. The minimum absolute atomic E-state index is 0.677. The first-order chi connectivity index (χ1) is 9.86. The highest BCUT2D eigenvalue weighted by Gasteiger charge is 2.28. The molecule has 1 aliphatic carbocycles. The maximum absolute atomic E-state index is 4.85. The molecule has 1 saturated heterocycles. The van der Waals surface area contributed by atoms with Gasteiger partial charge in [0.1, 0.15) is 0 Å². The van der Waals surface area contributed by atoms with Gasteiger partial charge in [-0.15, -0.1) is 0 Å². The molecule has 0 spiro atoms. The van der Waals surface area contributed by atoms with E-state index in [0.717, 1.165) is 18.9 Å². The van der Waals surface area contributed by atoms with E-state index in [9.17, 15) is 0 Å². The Kier molecular flexibility index (Phi) is 5.05. The molecule has 2 heterocycles. The second kappa shape index (κ2) is 6.99. The van der Waals surface area contributed by atoms with E-state index in [-0.39, 0.29) is 0 Å². The van der Waals surface area contributed by atoms with Crippen LogP contribution >= 0.6 is 11.8 Å². The quantitative estimate of drug-likeness (QED) is 0.873. The van der Waals surface area contributed by atoms with Gasteiger partial charge in [-0.2, -0.15) is 16.9 Å². The molecule has 4 heteroatoms. The molecular weight excluding hydrogens is 266 g/mol. The lowest BCUT2D eigenvalue weighted by Gasteiger charge is -2.19. The van der Waals surface area contributed by atoms with Crippen molar-refractivity contribution < 1.29 is 0 Å². The van der Waals surface area contributed by atoms with Crippen LogP contribution in [-0.4, -0.2) is 33.9 Å². The van der Waals surface area contributed by atoms with Gasteiger partial charge in [0.2, 0.25) is 0 Å². The van der Waals surface area contributed by atoms with E-state index >= 15 is 0 Å². The van der Waals surface area contributed by atoms with Gasteiger partial charge in [-0.25, -0.2) is 0 Å². The number of hydrogen-bond acceptors (Lipinski definition) is 3. The first kappa shape index (κ1) is 14.5. The molecule has 2 fully saturated rings. The maximum Gasteiger partial charge on any atom is 0.0628 e. The molecule has 1 aromatic heterocycles. The van der Waals surface area contributed by atoms with Crippen LogP contribution in [0.25, 0.3) is 0 Å². The van der Waals surface area contributed by atoms with Crippen LogP contribution in [0.4, 0.5) is 0 Å². The Morgan fingerprint density at radius 3 is 3.00 bits per heavy atom. The average Bonchev–Trinajstić information content (AvgIpc) is 3.18. The van der Waals surface area contributed by atoms with E-state index in [1.807, 2.05) is 0 Å². The fourth-order valence-electron chi connectivity index (χ4n) is 3.48. The minimum atomic E-state index is 0.677. The van der Waals surface area contributed by atoms with Gasteiger partial charge in [-0.05, 0) is 50.0 Å². The van der Waals surface area contributed by atoms with E-state index in [1.165, 1.54) is 49.3 Å². The van der Waals surface area contributed by atoms with E-state index < -0.39 is 0 Å². The zero-order chi connectivity index (χ0) is 13.8. The zero-order valence-electron chi connectivity index (χ0n) is 12.6. The number of rotatable bonds is 6. The van der Waals surface area contributed by atoms with Crippen molar-refractivity contribution in [3.63, 3.8) is 0 Å². The van der Waals surface area contributed by atoms with E-state index in [2.05, 4.69) is 40.9 Å². The normalized spacial score (nSPS) is 27.4. The van der Waals surface area contributed by atoms with Crippen LogP contribution in [0.5, 0.6) is 0 Å². The van der Waals surface area contributed by atoms with Crippen molar-refractivity contribution in [3.05, 3.63) is 18.0 Å². The van der Waals surface area contributed by atoms with Crippen LogP contribution in [0.1, 0.15) is 50.8 Å². The summed E-state index contributed by atoms with van der Waals surface area (Å²) in [4.78, 5) is 0. The molecule has 112 valence electrons. The molecule has 0 radical (unpaired) electrons. The standard InChI is InChI=1S/C16H27N3S/c1-2-8-17-16-12-20-11-13(16)10-14-7-9-19(18-14)15-5-3-4-6-15/h7,9,13,15-17H,2-6,8,10-12H2,1H3. The third-order valence-corrected chi connectivity index (χ3v) is 5.95. The first-order valence-corrected chi connectivity index (χ1v) is 9.37. The smallest absolute Gasteiger partial charge is 0.0628 e. The topological polar surface area (TPSA) is 29.9 Å². The summed E-state index contributed by atoms with van der Waals surface area (Å²) in [7, 11) is 0. The molecule has 20 heavy (non-hydrogen) atoms. The van der Waals surface area contributed by atoms with Crippen molar-refractivity contribution in [2.75, 3.05) is 18.1 Å². The van der Waals surface area contributed by atoms with Crippen LogP contribution in [0, 0.1) is 5.92 Å². The third-order valence-electron chi connectivity index (χ3n) is 4.69. The highest BCUT2D eigenvalue weighted by molar-refractivity contribution is 7.99. The van der Waals surface area contributed by atoms with E-state index in [0.29, 0.717) is 12.1 Å². The lowest BCUT2D eigenvalue weighted by atomic mass is 9.98. The number of thioether (sulfide) groups is 1. The fourth-order valence-corrected chi connectivity index (χ4v) is 4.92. The lowest BCUT2D eigenvalue weighted by molar-refractivity contribution is 0.414. The summed E-state index contributed by atoms with van der Waals surface area (Å²) in [5.41, 5.74) is 1.30. The highest BCUT2D eigenvalue weighted by Crippen LogP contribution is 2.30. The van der Waals surface area contributed by atoms with Gasteiger partial charge in [0.15, 0.2) is 0 Å². The molecule has 3 nitrogen and oxygen atoms in total. The second-order valence-electron chi connectivity index (χ2n) is 6.29. The van der Waals surface area contributed by atoms with Gasteiger partial charge in [0.05, 0.1) is 11.7 Å². The molecule has 3 rings (SSSR count). The largest absolute Gasteiger partial charge is 0.313 e. The van der Waals surface area contributed by atoms with Gasteiger partial charge in [-0.1, -0.05) is 19.8 Å². The molecule has 0 aromatic carbocycles. The first-order valence-electron chi connectivity index (χ1n) is 8.22. The second-order valence-corrected chi connectivity index (χ2v) is 7.36. The minimum Gasteiger partial charge on any atom is -0.313 e. The van der Waals surface area contributed by atoms with Crippen LogP contribution in [-0.2, 0) is 6.42 Å².